The monoisotopic (exact) mass is 460 g/mol. The van der Waals surface area contributed by atoms with Crippen LogP contribution in [0.5, 0.6) is 5.75 Å². The second-order valence-corrected chi connectivity index (χ2v) is 8.24. The lowest BCUT2D eigenvalue weighted by Gasteiger charge is -2.12. The normalized spacial score (nSPS) is 16.1. The van der Waals surface area contributed by atoms with Gasteiger partial charge in [-0.2, -0.15) is 0 Å². The van der Waals surface area contributed by atoms with Crippen molar-refractivity contribution in [2.24, 2.45) is 4.99 Å². The molecule has 0 saturated carbocycles. The average molecular weight is 461 g/mol. The number of thioether (sulfide) groups is 1. The maximum absolute atomic E-state index is 13.2. The topological polar surface area (TPSA) is 68.2 Å². The minimum Gasteiger partial charge on any atom is -0.493 e. The smallest absolute Gasteiger partial charge is 0.337 e. The van der Waals surface area contributed by atoms with E-state index in [9.17, 15) is 9.59 Å². The first-order chi connectivity index (χ1) is 16.0. The number of nitrogens with zero attached hydrogens (tertiary/aromatic N) is 2. The minimum absolute atomic E-state index is 0.110. The van der Waals surface area contributed by atoms with E-state index in [1.165, 1.54) is 18.9 Å². The van der Waals surface area contributed by atoms with Crippen molar-refractivity contribution in [3.63, 3.8) is 0 Å². The lowest BCUT2D eigenvalue weighted by atomic mass is 10.0. The van der Waals surface area contributed by atoms with Gasteiger partial charge >= 0.3 is 5.97 Å². The molecular weight excluding hydrogens is 436 g/mol. The largest absolute Gasteiger partial charge is 0.493 e. The van der Waals surface area contributed by atoms with Crippen LogP contribution in [0.3, 0.4) is 0 Å². The van der Waals surface area contributed by atoms with Gasteiger partial charge in [-0.15, -0.1) is 0 Å². The number of carbonyl (C=O) groups excluding carboxylic acids is 2. The van der Waals surface area contributed by atoms with Gasteiger partial charge in [0.2, 0.25) is 0 Å². The van der Waals surface area contributed by atoms with Gasteiger partial charge < -0.3 is 9.47 Å². The fraction of sp³-hybridized carbons (Fsp3) is 0.192. The number of fused-ring (bicyclic) bond motifs is 1. The van der Waals surface area contributed by atoms with Crippen molar-refractivity contribution < 1.29 is 19.1 Å². The van der Waals surface area contributed by atoms with E-state index in [1.54, 1.807) is 29.2 Å². The maximum Gasteiger partial charge on any atom is 0.337 e. The Balaban J connectivity index is 1.76. The molecule has 0 atom stereocenters. The van der Waals surface area contributed by atoms with Crippen LogP contribution in [0.25, 0.3) is 16.8 Å². The van der Waals surface area contributed by atoms with Gasteiger partial charge in [0.25, 0.3) is 5.91 Å². The number of hydrogen-bond donors (Lipinski definition) is 0. The molecule has 0 spiro atoms. The van der Waals surface area contributed by atoms with E-state index in [0.29, 0.717) is 34.5 Å². The van der Waals surface area contributed by atoms with E-state index in [0.717, 1.165) is 22.1 Å². The zero-order valence-electron chi connectivity index (χ0n) is 18.7. The summed E-state index contributed by atoms with van der Waals surface area (Å²) in [6.07, 6.45) is 1.89. The van der Waals surface area contributed by atoms with E-state index >= 15 is 0 Å². The number of esters is 1. The van der Waals surface area contributed by atoms with Crippen LogP contribution in [0.4, 0.5) is 5.69 Å². The molecule has 0 aliphatic carbocycles. The zero-order valence-corrected chi connectivity index (χ0v) is 19.5. The standard InChI is InChI=1S/C26H24N2O4S/c1-4-28-24(29)23(33-26(28)27-19-11-8-10-18(15-19)25(30)31-3)16-21-20-12-7-6-9-17(20)13-14-22(21)32-5-2/h6-16H,4-5H2,1-3H3. The van der Waals surface area contributed by atoms with Crippen molar-refractivity contribution in [2.45, 2.75) is 13.8 Å². The first kappa shape index (κ1) is 22.6. The molecule has 0 N–H and O–H groups in total. The molecular formula is C26H24N2O4S. The van der Waals surface area contributed by atoms with Gasteiger partial charge in [-0.25, -0.2) is 9.79 Å². The van der Waals surface area contributed by atoms with Gasteiger partial charge in [-0.1, -0.05) is 36.4 Å². The predicted molar refractivity (Wildman–Crippen MR) is 133 cm³/mol. The maximum atomic E-state index is 13.2. The highest BCUT2D eigenvalue weighted by molar-refractivity contribution is 8.18. The van der Waals surface area contributed by atoms with Gasteiger partial charge in [0.1, 0.15) is 5.75 Å². The number of methoxy groups -OCH3 is 1. The van der Waals surface area contributed by atoms with Crippen molar-refractivity contribution in [3.8, 4) is 5.75 Å². The third kappa shape index (κ3) is 4.64. The summed E-state index contributed by atoms with van der Waals surface area (Å²) in [7, 11) is 1.34. The first-order valence-corrected chi connectivity index (χ1v) is 11.5. The van der Waals surface area contributed by atoms with Crippen LogP contribution in [0.15, 0.2) is 70.6 Å². The number of hydrogen-bond acceptors (Lipinski definition) is 6. The number of benzene rings is 3. The summed E-state index contributed by atoms with van der Waals surface area (Å²) >= 11 is 1.31. The molecule has 0 aromatic heterocycles. The van der Waals surface area contributed by atoms with E-state index in [-0.39, 0.29) is 5.91 Å². The summed E-state index contributed by atoms with van der Waals surface area (Å²) in [5.41, 5.74) is 1.86. The number of amides is 1. The Hall–Kier alpha value is -3.58. The van der Waals surface area contributed by atoms with Crippen LogP contribution < -0.4 is 4.74 Å². The number of amidine groups is 1. The van der Waals surface area contributed by atoms with Crippen LogP contribution in [0, 0.1) is 0 Å². The average Bonchev–Trinajstić information content (AvgIpc) is 3.13. The van der Waals surface area contributed by atoms with E-state index in [1.807, 2.05) is 56.3 Å². The number of ether oxygens (including phenoxy) is 2. The number of likely N-dealkylation sites (N-methyl/N-ethyl adjacent to an activating group) is 1. The SMILES string of the molecule is CCOc1ccc2ccccc2c1C=C1SC(=Nc2cccc(C(=O)OC)c2)N(CC)C1=O. The lowest BCUT2D eigenvalue weighted by Crippen LogP contribution is -2.28. The molecule has 7 heteroatoms. The molecule has 3 aromatic rings. The summed E-state index contributed by atoms with van der Waals surface area (Å²) in [5.74, 6) is 0.191. The van der Waals surface area contributed by atoms with Crippen molar-refractivity contribution in [2.75, 3.05) is 20.3 Å². The molecule has 1 heterocycles. The fourth-order valence-electron chi connectivity index (χ4n) is 3.64. The molecule has 0 radical (unpaired) electrons. The Bertz CT molecular complexity index is 1280. The third-order valence-electron chi connectivity index (χ3n) is 5.20. The molecule has 0 bridgehead atoms. The second kappa shape index (κ2) is 9.92. The Morgan fingerprint density at radius 2 is 1.91 bits per heavy atom. The van der Waals surface area contributed by atoms with E-state index in [4.69, 9.17) is 9.47 Å². The molecule has 1 aliphatic heterocycles. The molecule has 4 rings (SSSR count). The van der Waals surface area contributed by atoms with E-state index in [2.05, 4.69) is 4.99 Å². The minimum atomic E-state index is -0.431. The molecule has 0 unspecified atom stereocenters. The van der Waals surface area contributed by atoms with E-state index < -0.39 is 5.97 Å². The highest BCUT2D eigenvalue weighted by Crippen LogP contribution is 2.37. The van der Waals surface area contributed by atoms with Gasteiger partial charge in [-0.3, -0.25) is 9.69 Å². The Morgan fingerprint density at radius 3 is 2.67 bits per heavy atom. The Labute approximate surface area is 196 Å². The van der Waals surface area contributed by atoms with Gasteiger partial charge in [-0.05, 0) is 66.7 Å². The van der Waals surface area contributed by atoms with Crippen LogP contribution in [0.2, 0.25) is 0 Å². The molecule has 168 valence electrons. The van der Waals surface area contributed by atoms with Gasteiger partial charge in [0.05, 0.1) is 29.9 Å². The van der Waals surface area contributed by atoms with Gasteiger partial charge in [0.15, 0.2) is 5.17 Å². The first-order valence-electron chi connectivity index (χ1n) is 10.7. The molecule has 3 aromatic carbocycles. The highest BCUT2D eigenvalue weighted by Gasteiger charge is 2.32. The molecule has 33 heavy (non-hydrogen) atoms. The summed E-state index contributed by atoms with van der Waals surface area (Å²) in [5, 5.41) is 2.65. The molecule has 1 amide bonds. The summed E-state index contributed by atoms with van der Waals surface area (Å²) in [6.45, 7) is 4.85. The number of carbonyl (C=O) groups is 2. The van der Waals surface area contributed by atoms with Crippen LogP contribution in [-0.4, -0.2) is 42.2 Å². The third-order valence-corrected chi connectivity index (χ3v) is 6.21. The van der Waals surface area contributed by atoms with Crippen LogP contribution >= 0.6 is 11.8 Å². The number of rotatable bonds is 6. The summed E-state index contributed by atoms with van der Waals surface area (Å²) in [6, 6.07) is 18.8. The fourth-order valence-corrected chi connectivity index (χ4v) is 4.68. The van der Waals surface area contributed by atoms with Crippen molar-refractivity contribution in [1.29, 1.82) is 0 Å². The van der Waals surface area contributed by atoms with Crippen molar-refractivity contribution in [3.05, 3.63) is 76.7 Å². The highest BCUT2D eigenvalue weighted by atomic mass is 32.2. The number of aliphatic imine (C=N–C) groups is 1. The van der Waals surface area contributed by atoms with Crippen molar-refractivity contribution >= 4 is 51.3 Å². The molecule has 6 nitrogen and oxygen atoms in total. The molecule has 1 aliphatic rings. The quantitative estimate of drug-likeness (QED) is 0.351. The Kier molecular flexibility index (Phi) is 6.79. The van der Waals surface area contributed by atoms with Crippen LogP contribution in [0.1, 0.15) is 29.8 Å². The summed E-state index contributed by atoms with van der Waals surface area (Å²) in [4.78, 5) is 31.9. The molecule has 1 fully saturated rings. The predicted octanol–water partition coefficient (Wildman–Crippen LogP) is 5.65. The summed E-state index contributed by atoms with van der Waals surface area (Å²) < 4.78 is 10.7. The zero-order chi connectivity index (χ0) is 23.4. The molecule has 1 saturated heterocycles. The van der Waals surface area contributed by atoms with Gasteiger partial charge in [0, 0.05) is 12.1 Å². The van der Waals surface area contributed by atoms with Crippen LogP contribution in [-0.2, 0) is 9.53 Å². The Morgan fingerprint density at radius 1 is 1.09 bits per heavy atom. The second-order valence-electron chi connectivity index (χ2n) is 7.23. The lowest BCUT2D eigenvalue weighted by molar-refractivity contribution is -0.122. The van der Waals surface area contributed by atoms with Crippen molar-refractivity contribution in [1.82, 2.24) is 4.90 Å².